The van der Waals surface area contributed by atoms with Gasteiger partial charge in [-0.1, -0.05) is 141 Å². The van der Waals surface area contributed by atoms with Gasteiger partial charge >= 0.3 is 0 Å². The van der Waals surface area contributed by atoms with Crippen LogP contribution in [0, 0.1) is 0 Å². The summed E-state index contributed by atoms with van der Waals surface area (Å²) >= 11 is 0. The quantitative estimate of drug-likeness (QED) is 0.187. The molecule has 5 aromatic rings. The van der Waals surface area contributed by atoms with E-state index in [0.29, 0.717) is 33.6 Å². The Kier molecular flexibility index (Phi) is 7.55. The molecule has 4 nitrogen and oxygen atoms in total. The highest BCUT2D eigenvalue weighted by molar-refractivity contribution is 6.27. The standard InChI is InChI=1S/C37H31NO3/c39-35(27-18-8-2-9-19-27)31-32(36(40)28-20-10-3-11-21-28)34(37(41)29-22-12-4-13-23-29)38(30-24-14-5-15-25-30)33(31)26-16-6-1-7-17-26/h1-4,6-13,16-23,30H,5,14-15,24-25H2. The van der Waals surface area contributed by atoms with Crippen LogP contribution in [-0.4, -0.2) is 21.9 Å². The fraction of sp³-hybridized carbons (Fsp3) is 0.162. The van der Waals surface area contributed by atoms with Crippen molar-refractivity contribution in [3.05, 3.63) is 155 Å². The molecule has 1 heterocycles. The summed E-state index contributed by atoms with van der Waals surface area (Å²) in [6, 6.07) is 36.8. The van der Waals surface area contributed by atoms with Gasteiger partial charge < -0.3 is 4.57 Å². The van der Waals surface area contributed by atoms with E-state index in [2.05, 4.69) is 4.57 Å². The minimum absolute atomic E-state index is 0.0127. The largest absolute Gasteiger partial charge is 0.333 e. The average molecular weight is 538 g/mol. The first kappa shape index (κ1) is 26.4. The number of aromatic nitrogens is 1. The Morgan fingerprint density at radius 1 is 0.488 bits per heavy atom. The van der Waals surface area contributed by atoms with E-state index in [1.807, 2.05) is 72.8 Å². The van der Waals surface area contributed by atoms with Gasteiger partial charge in [-0.05, 0) is 18.4 Å². The molecule has 0 unspecified atom stereocenters. The lowest BCUT2D eigenvalue weighted by Crippen LogP contribution is -2.21. The van der Waals surface area contributed by atoms with Crippen LogP contribution in [0.25, 0.3) is 11.3 Å². The third kappa shape index (κ3) is 5.09. The summed E-state index contributed by atoms with van der Waals surface area (Å²) in [6.07, 6.45) is 4.94. The molecule has 0 saturated heterocycles. The van der Waals surface area contributed by atoms with Crippen molar-refractivity contribution >= 4 is 17.3 Å². The number of hydrogen-bond donors (Lipinski definition) is 0. The fourth-order valence-electron chi connectivity index (χ4n) is 6.03. The van der Waals surface area contributed by atoms with E-state index in [1.54, 1.807) is 48.5 Å². The molecular weight excluding hydrogens is 506 g/mol. The topological polar surface area (TPSA) is 56.1 Å². The molecule has 1 aliphatic rings. The van der Waals surface area contributed by atoms with Crippen molar-refractivity contribution in [2.75, 3.05) is 0 Å². The average Bonchev–Trinajstić information content (AvgIpc) is 3.42. The molecule has 0 spiro atoms. The Bertz CT molecular complexity index is 1680. The van der Waals surface area contributed by atoms with Crippen LogP contribution in [-0.2, 0) is 0 Å². The summed E-state index contributed by atoms with van der Waals surface area (Å²) in [5.41, 5.74) is 3.64. The smallest absolute Gasteiger partial charge is 0.210 e. The summed E-state index contributed by atoms with van der Waals surface area (Å²) in [6.45, 7) is 0. The third-order valence-corrected chi connectivity index (χ3v) is 7.97. The van der Waals surface area contributed by atoms with E-state index in [4.69, 9.17) is 0 Å². The minimum Gasteiger partial charge on any atom is -0.333 e. The molecule has 1 fully saturated rings. The lowest BCUT2D eigenvalue weighted by Gasteiger charge is -2.28. The molecule has 202 valence electrons. The number of nitrogens with zero attached hydrogens (tertiary/aromatic N) is 1. The lowest BCUT2D eigenvalue weighted by atomic mass is 9.90. The zero-order chi connectivity index (χ0) is 28.2. The highest BCUT2D eigenvalue weighted by Crippen LogP contribution is 2.42. The van der Waals surface area contributed by atoms with Gasteiger partial charge in [0, 0.05) is 22.7 Å². The lowest BCUT2D eigenvalue weighted by molar-refractivity contribution is 0.0988. The molecule has 1 aliphatic carbocycles. The zero-order valence-electron chi connectivity index (χ0n) is 22.8. The van der Waals surface area contributed by atoms with E-state index >= 15 is 0 Å². The van der Waals surface area contributed by atoms with E-state index in [9.17, 15) is 14.4 Å². The van der Waals surface area contributed by atoms with Crippen LogP contribution in [0.3, 0.4) is 0 Å². The van der Waals surface area contributed by atoms with Crippen molar-refractivity contribution in [2.45, 2.75) is 38.1 Å². The van der Waals surface area contributed by atoms with Crippen molar-refractivity contribution in [3.63, 3.8) is 0 Å². The summed E-state index contributed by atoms with van der Waals surface area (Å²) in [7, 11) is 0. The van der Waals surface area contributed by atoms with Gasteiger partial charge in [0.25, 0.3) is 0 Å². The third-order valence-electron chi connectivity index (χ3n) is 7.97. The summed E-state index contributed by atoms with van der Waals surface area (Å²) in [5.74, 6) is -0.837. The Balaban J connectivity index is 1.75. The van der Waals surface area contributed by atoms with Gasteiger partial charge in [0.2, 0.25) is 5.78 Å². The van der Waals surface area contributed by atoms with Gasteiger partial charge in [-0.25, -0.2) is 0 Å². The predicted molar refractivity (Wildman–Crippen MR) is 162 cm³/mol. The van der Waals surface area contributed by atoms with Crippen molar-refractivity contribution in [1.82, 2.24) is 4.57 Å². The Hall–Kier alpha value is -4.83. The van der Waals surface area contributed by atoms with Crippen LogP contribution in [0.5, 0.6) is 0 Å². The highest BCUT2D eigenvalue weighted by Gasteiger charge is 2.38. The van der Waals surface area contributed by atoms with Gasteiger partial charge in [0.05, 0.1) is 16.8 Å². The van der Waals surface area contributed by atoms with Gasteiger partial charge in [0.1, 0.15) is 5.69 Å². The Morgan fingerprint density at radius 2 is 0.902 bits per heavy atom. The number of rotatable bonds is 8. The molecule has 1 saturated carbocycles. The van der Waals surface area contributed by atoms with E-state index in [-0.39, 0.29) is 29.0 Å². The summed E-state index contributed by atoms with van der Waals surface area (Å²) < 4.78 is 2.05. The summed E-state index contributed by atoms with van der Waals surface area (Å²) in [5, 5.41) is 0. The molecule has 0 amide bonds. The second-order valence-electron chi connectivity index (χ2n) is 10.6. The SMILES string of the molecule is O=C(c1ccccc1)c1c(C(=O)c2ccccc2)c(-c2ccccc2)n(C2CCCCC2)c1C(=O)c1ccccc1. The predicted octanol–water partition coefficient (Wildman–Crippen LogP) is 8.35. The van der Waals surface area contributed by atoms with Crippen molar-refractivity contribution in [1.29, 1.82) is 0 Å². The highest BCUT2D eigenvalue weighted by atomic mass is 16.1. The molecule has 4 heteroatoms. The molecule has 6 rings (SSSR count). The molecule has 4 aromatic carbocycles. The maximum absolute atomic E-state index is 14.5. The van der Waals surface area contributed by atoms with Crippen molar-refractivity contribution in [3.8, 4) is 11.3 Å². The number of carbonyl (C=O) groups is 3. The fourth-order valence-corrected chi connectivity index (χ4v) is 6.03. The van der Waals surface area contributed by atoms with Crippen LogP contribution in [0.2, 0.25) is 0 Å². The van der Waals surface area contributed by atoms with Crippen LogP contribution >= 0.6 is 0 Å². The first-order valence-corrected chi connectivity index (χ1v) is 14.3. The molecule has 41 heavy (non-hydrogen) atoms. The molecular formula is C37H31NO3. The maximum atomic E-state index is 14.5. The molecule has 0 bridgehead atoms. The molecule has 0 radical (unpaired) electrons. The number of benzene rings is 4. The van der Waals surface area contributed by atoms with E-state index in [0.717, 1.165) is 37.7 Å². The molecule has 0 atom stereocenters. The molecule has 1 aromatic heterocycles. The monoisotopic (exact) mass is 537 g/mol. The Labute approximate surface area is 240 Å². The second-order valence-corrected chi connectivity index (χ2v) is 10.6. The maximum Gasteiger partial charge on any atom is 0.210 e. The number of ketones is 3. The molecule has 0 N–H and O–H groups in total. The second kappa shape index (κ2) is 11.7. The van der Waals surface area contributed by atoms with Crippen LogP contribution < -0.4 is 0 Å². The zero-order valence-corrected chi connectivity index (χ0v) is 22.8. The first-order valence-electron chi connectivity index (χ1n) is 14.3. The van der Waals surface area contributed by atoms with E-state index in [1.165, 1.54) is 0 Å². The van der Waals surface area contributed by atoms with E-state index < -0.39 is 0 Å². The number of carbonyl (C=O) groups excluding carboxylic acids is 3. The molecule has 0 aliphatic heterocycles. The van der Waals surface area contributed by atoms with Gasteiger partial charge in [0.15, 0.2) is 11.6 Å². The summed E-state index contributed by atoms with van der Waals surface area (Å²) in [4.78, 5) is 43.6. The van der Waals surface area contributed by atoms with Crippen LogP contribution in [0.1, 0.15) is 86.0 Å². The first-order chi connectivity index (χ1) is 20.1. The van der Waals surface area contributed by atoms with Crippen molar-refractivity contribution < 1.29 is 14.4 Å². The van der Waals surface area contributed by atoms with Crippen LogP contribution in [0.15, 0.2) is 121 Å². The van der Waals surface area contributed by atoms with Gasteiger partial charge in [-0.15, -0.1) is 0 Å². The van der Waals surface area contributed by atoms with Crippen molar-refractivity contribution in [2.24, 2.45) is 0 Å². The number of hydrogen-bond acceptors (Lipinski definition) is 3. The Morgan fingerprint density at radius 3 is 1.39 bits per heavy atom. The normalized spacial score (nSPS) is 13.6. The van der Waals surface area contributed by atoms with Gasteiger partial charge in [-0.3, -0.25) is 14.4 Å². The minimum atomic E-state index is -0.323. The van der Waals surface area contributed by atoms with Gasteiger partial charge in [-0.2, -0.15) is 0 Å². The van der Waals surface area contributed by atoms with Crippen LogP contribution in [0.4, 0.5) is 0 Å².